The van der Waals surface area contributed by atoms with E-state index in [0.29, 0.717) is 39.9 Å². The minimum absolute atomic E-state index is 0.294. The van der Waals surface area contributed by atoms with E-state index in [1.54, 1.807) is 54.7 Å². The normalized spacial score (nSPS) is 10.6. The van der Waals surface area contributed by atoms with Crippen molar-refractivity contribution in [3.8, 4) is 28.7 Å². The fourth-order valence-corrected chi connectivity index (χ4v) is 2.79. The van der Waals surface area contributed by atoms with Crippen molar-refractivity contribution in [1.29, 1.82) is 0 Å². The topological polar surface area (TPSA) is 77.2 Å². The molecule has 0 radical (unpaired) electrons. The predicted octanol–water partition coefficient (Wildman–Crippen LogP) is 4.80. The third-order valence-electron chi connectivity index (χ3n) is 4.24. The van der Waals surface area contributed by atoms with Crippen LogP contribution < -0.4 is 10.1 Å². The van der Waals surface area contributed by atoms with Crippen LogP contribution in [-0.2, 0) is 0 Å². The number of oxazole rings is 1. The first-order valence-electron chi connectivity index (χ1n) is 8.76. The van der Waals surface area contributed by atoms with Gasteiger partial charge in [-0.1, -0.05) is 12.1 Å². The van der Waals surface area contributed by atoms with Gasteiger partial charge in [0.2, 0.25) is 11.8 Å². The highest BCUT2D eigenvalue weighted by Crippen LogP contribution is 2.28. The maximum atomic E-state index is 13.1. The Morgan fingerprint density at radius 1 is 1.00 bits per heavy atom. The lowest BCUT2D eigenvalue weighted by molar-refractivity contribution is 0.102. The number of amides is 1. The van der Waals surface area contributed by atoms with E-state index >= 15 is 0 Å². The Bertz CT molecular complexity index is 1140. The van der Waals surface area contributed by atoms with Gasteiger partial charge in [0.25, 0.3) is 5.91 Å². The largest absolute Gasteiger partial charge is 0.481 e. The number of nitrogens with one attached hydrogen (secondary N) is 1. The van der Waals surface area contributed by atoms with E-state index in [2.05, 4.69) is 15.3 Å². The van der Waals surface area contributed by atoms with Crippen LogP contribution in [-0.4, -0.2) is 23.0 Å². The molecule has 1 amide bonds. The highest BCUT2D eigenvalue weighted by Gasteiger charge is 2.17. The number of methoxy groups -OCH3 is 1. The minimum Gasteiger partial charge on any atom is -0.481 e. The van der Waals surface area contributed by atoms with Crippen LogP contribution in [0.2, 0.25) is 0 Å². The minimum atomic E-state index is -0.330. The molecule has 0 saturated carbocycles. The van der Waals surface area contributed by atoms with Crippen LogP contribution in [0.3, 0.4) is 0 Å². The molecule has 0 atom stereocenters. The van der Waals surface area contributed by atoms with E-state index in [9.17, 15) is 9.18 Å². The Hall–Kier alpha value is -4.00. The number of ether oxygens (including phenoxy) is 1. The molecule has 0 unspecified atom stereocenters. The van der Waals surface area contributed by atoms with Gasteiger partial charge in [-0.2, -0.15) is 0 Å². The van der Waals surface area contributed by atoms with Gasteiger partial charge >= 0.3 is 0 Å². The molecule has 0 saturated heterocycles. The van der Waals surface area contributed by atoms with Gasteiger partial charge in [-0.25, -0.2) is 14.4 Å². The van der Waals surface area contributed by atoms with E-state index < -0.39 is 0 Å². The molecule has 0 bridgehead atoms. The molecule has 29 heavy (non-hydrogen) atoms. The van der Waals surface area contributed by atoms with E-state index in [4.69, 9.17) is 9.15 Å². The first-order valence-corrected chi connectivity index (χ1v) is 8.76. The fourth-order valence-electron chi connectivity index (χ4n) is 2.79. The lowest BCUT2D eigenvalue weighted by Crippen LogP contribution is -2.13. The Morgan fingerprint density at radius 2 is 1.79 bits per heavy atom. The van der Waals surface area contributed by atoms with Crippen molar-refractivity contribution in [1.82, 2.24) is 9.97 Å². The number of carbonyl (C=O) groups is 1. The zero-order chi connectivity index (χ0) is 20.2. The van der Waals surface area contributed by atoms with Gasteiger partial charge in [0.1, 0.15) is 5.82 Å². The van der Waals surface area contributed by atoms with E-state index in [1.807, 2.05) is 0 Å². The Morgan fingerprint density at radius 3 is 2.52 bits per heavy atom. The van der Waals surface area contributed by atoms with Gasteiger partial charge in [0.05, 0.1) is 30.8 Å². The Balaban J connectivity index is 1.61. The van der Waals surface area contributed by atoms with Gasteiger partial charge < -0.3 is 14.5 Å². The van der Waals surface area contributed by atoms with Crippen molar-refractivity contribution >= 4 is 11.6 Å². The molecule has 2 aromatic heterocycles. The standard InChI is InChI=1S/C22H16FN3O3/c1-28-20-11-10-16(12-24-20)26-21(27)17-4-2-3-5-18(17)22-25-13-19(29-22)14-6-8-15(23)9-7-14/h2-13H,1H3,(H,26,27). The monoisotopic (exact) mass is 389 g/mol. The van der Waals surface area contributed by atoms with Crippen LogP contribution >= 0.6 is 0 Å². The van der Waals surface area contributed by atoms with Crippen molar-refractivity contribution in [2.75, 3.05) is 12.4 Å². The first kappa shape index (κ1) is 18.4. The van der Waals surface area contributed by atoms with Crippen molar-refractivity contribution in [3.63, 3.8) is 0 Å². The van der Waals surface area contributed by atoms with Gasteiger partial charge in [0.15, 0.2) is 5.76 Å². The van der Waals surface area contributed by atoms with Gasteiger partial charge in [0, 0.05) is 17.2 Å². The van der Waals surface area contributed by atoms with Crippen LogP contribution in [0.4, 0.5) is 10.1 Å². The van der Waals surface area contributed by atoms with Crippen LogP contribution in [0.25, 0.3) is 22.8 Å². The number of benzene rings is 2. The van der Waals surface area contributed by atoms with Gasteiger partial charge in [-0.3, -0.25) is 4.79 Å². The highest BCUT2D eigenvalue weighted by atomic mass is 19.1. The number of aromatic nitrogens is 2. The lowest BCUT2D eigenvalue weighted by atomic mass is 10.1. The third-order valence-corrected chi connectivity index (χ3v) is 4.24. The molecule has 2 heterocycles. The smallest absolute Gasteiger partial charge is 0.256 e. The average molecular weight is 389 g/mol. The molecule has 2 aromatic carbocycles. The number of carbonyl (C=O) groups excluding carboxylic acids is 1. The summed E-state index contributed by atoms with van der Waals surface area (Å²) in [4.78, 5) is 21.2. The number of pyridine rings is 1. The van der Waals surface area contributed by atoms with E-state index in [-0.39, 0.29) is 11.7 Å². The molecule has 4 aromatic rings. The van der Waals surface area contributed by atoms with Crippen LogP contribution in [0.5, 0.6) is 5.88 Å². The summed E-state index contributed by atoms with van der Waals surface area (Å²) in [6.07, 6.45) is 3.06. The molecule has 144 valence electrons. The summed E-state index contributed by atoms with van der Waals surface area (Å²) in [5.41, 5.74) is 2.16. The number of anilines is 1. The van der Waals surface area contributed by atoms with Crippen molar-refractivity contribution < 1.29 is 18.3 Å². The van der Waals surface area contributed by atoms with Crippen molar-refractivity contribution in [2.24, 2.45) is 0 Å². The quantitative estimate of drug-likeness (QED) is 0.530. The molecular weight excluding hydrogens is 373 g/mol. The zero-order valence-electron chi connectivity index (χ0n) is 15.4. The van der Waals surface area contributed by atoms with Crippen LogP contribution in [0.1, 0.15) is 10.4 Å². The van der Waals surface area contributed by atoms with E-state index in [0.717, 1.165) is 0 Å². The summed E-state index contributed by atoms with van der Waals surface area (Å²) >= 11 is 0. The third kappa shape index (κ3) is 3.98. The van der Waals surface area contributed by atoms with E-state index in [1.165, 1.54) is 25.4 Å². The lowest BCUT2D eigenvalue weighted by Gasteiger charge is -2.08. The van der Waals surface area contributed by atoms with Gasteiger partial charge in [-0.15, -0.1) is 0 Å². The molecule has 0 aliphatic rings. The van der Waals surface area contributed by atoms with Gasteiger partial charge in [-0.05, 0) is 42.5 Å². The van der Waals surface area contributed by atoms with Crippen LogP contribution in [0.15, 0.2) is 77.5 Å². The molecule has 0 fully saturated rings. The second kappa shape index (κ2) is 7.93. The number of hydrogen-bond acceptors (Lipinski definition) is 5. The first-order chi connectivity index (χ1) is 14.1. The molecule has 0 aliphatic heterocycles. The van der Waals surface area contributed by atoms with Crippen molar-refractivity contribution in [3.05, 3.63) is 84.4 Å². The zero-order valence-corrected chi connectivity index (χ0v) is 15.4. The number of rotatable bonds is 5. The summed E-state index contributed by atoms with van der Waals surface area (Å²) < 4.78 is 24.0. The highest BCUT2D eigenvalue weighted by molar-refractivity contribution is 6.08. The number of halogens is 1. The molecule has 0 aliphatic carbocycles. The maximum absolute atomic E-state index is 13.1. The summed E-state index contributed by atoms with van der Waals surface area (Å²) in [7, 11) is 1.52. The maximum Gasteiger partial charge on any atom is 0.256 e. The Labute approximate surface area is 166 Å². The average Bonchev–Trinajstić information content (AvgIpc) is 3.25. The molecule has 7 heteroatoms. The molecule has 6 nitrogen and oxygen atoms in total. The number of hydrogen-bond donors (Lipinski definition) is 1. The van der Waals surface area contributed by atoms with Crippen LogP contribution in [0, 0.1) is 5.82 Å². The molecule has 4 rings (SSSR count). The molecule has 1 N–H and O–H groups in total. The molecular formula is C22H16FN3O3. The SMILES string of the molecule is COc1ccc(NC(=O)c2ccccc2-c2ncc(-c3ccc(F)cc3)o2)cn1. The fraction of sp³-hybridized carbons (Fsp3) is 0.0455. The second-order valence-electron chi connectivity index (χ2n) is 6.13. The second-order valence-corrected chi connectivity index (χ2v) is 6.13. The predicted molar refractivity (Wildman–Crippen MR) is 106 cm³/mol. The summed E-state index contributed by atoms with van der Waals surface area (Å²) in [5.74, 6) is 0.576. The number of nitrogens with zero attached hydrogens (tertiary/aromatic N) is 2. The Kier molecular flexibility index (Phi) is 5.03. The summed E-state index contributed by atoms with van der Waals surface area (Å²) in [6, 6.07) is 16.3. The van der Waals surface area contributed by atoms with Crippen molar-refractivity contribution in [2.45, 2.75) is 0 Å². The molecule has 0 spiro atoms. The summed E-state index contributed by atoms with van der Waals surface area (Å²) in [6.45, 7) is 0. The summed E-state index contributed by atoms with van der Waals surface area (Å²) in [5, 5.41) is 2.80.